The zero-order valence-corrected chi connectivity index (χ0v) is 29.5. The lowest BCUT2D eigenvalue weighted by molar-refractivity contribution is 1.33. The van der Waals surface area contributed by atoms with Crippen molar-refractivity contribution < 1.29 is 0 Å². The smallest absolute Gasteiger partial charge is 0.0273 e. The van der Waals surface area contributed by atoms with Gasteiger partial charge in [-0.05, 0) is 166 Å². The molecule has 2 heterocycles. The standard InChI is InChI=1S/C52H34N2/c1-2-8-35(9-3-1)42-16-18-49-47-14-4-5-15-48(47)50-19-17-43(34-52(50)51(49)33-42)40-12-6-10-38(28-40)39-11-7-13-41(29-39)46-31-44(36-20-24-53-25-21-36)30-45(32-46)37-22-26-54-27-23-37/h1-34H. The number of hydrogen-bond donors (Lipinski definition) is 0. The van der Waals surface area contributed by atoms with E-state index in [1.54, 1.807) is 0 Å². The summed E-state index contributed by atoms with van der Waals surface area (Å²) in [6.45, 7) is 0. The molecule has 0 fully saturated rings. The molecule has 0 aliphatic heterocycles. The summed E-state index contributed by atoms with van der Waals surface area (Å²) in [6, 6.07) is 66.3. The summed E-state index contributed by atoms with van der Waals surface area (Å²) in [6.07, 6.45) is 7.40. The topological polar surface area (TPSA) is 25.8 Å². The Morgan fingerprint density at radius 2 is 0.500 bits per heavy atom. The molecule has 0 saturated carbocycles. The zero-order valence-electron chi connectivity index (χ0n) is 29.5. The second kappa shape index (κ2) is 13.4. The SMILES string of the molecule is c1ccc(-c2ccc3c4ccccc4c4ccc(-c5cccc(-c6cccc(-c7cc(-c8ccncc8)cc(-c8ccncc8)c7)c6)c5)cc4c3c2)cc1. The molecule has 0 N–H and O–H groups in total. The van der Waals surface area contributed by atoms with E-state index in [0.29, 0.717) is 0 Å². The van der Waals surface area contributed by atoms with Crippen LogP contribution in [0.3, 0.4) is 0 Å². The molecule has 0 aliphatic rings. The molecule has 10 aromatic rings. The summed E-state index contributed by atoms with van der Waals surface area (Å²) < 4.78 is 0. The first-order chi connectivity index (χ1) is 26.7. The molecule has 2 aromatic heterocycles. The summed E-state index contributed by atoms with van der Waals surface area (Å²) in [4.78, 5) is 8.51. The average Bonchev–Trinajstić information content (AvgIpc) is 3.27. The predicted molar refractivity (Wildman–Crippen MR) is 227 cm³/mol. The highest BCUT2D eigenvalue weighted by molar-refractivity contribution is 6.26. The zero-order chi connectivity index (χ0) is 35.8. The fourth-order valence-electron chi connectivity index (χ4n) is 7.92. The molecule has 252 valence electrons. The van der Waals surface area contributed by atoms with Crippen LogP contribution in [0.5, 0.6) is 0 Å². The number of rotatable bonds is 6. The molecule has 0 bridgehead atoms. The van der Waals surface area contributed by atoms with Crippen molar-refractivity contribution in [2.75, 3.05) is 0 Å². The summed E-state index contributed by atoms with van der Waals surface area (Å²) in [7, 11) is 0. The lowest BCUT2D eigenvalue weighted by Gasteiger charge is -2.14. The first-order valence-electron chi connectivity index (χ1n) is 18.4. The third-order valence-electron chi connectivity index (χ3n) is 10.6. The summed E-state index contributed by atoms with van der Waals surface area (Å²) in [5.74, 6) is 0. The molecule has 0 saturated heterocycles. The fourth-order valence-corrected chi connectivity index (χ4v) is 7.92. The Kier molecular flexibility index (Phi) is 7.85. The third kappa shape index (κ3) is 5.81. The van der Waals surface area contributed by atoms with E-state index in [-0.39, 0.29) is 0 Å². The average molecular weight is 687 g/mol. The van der Waals surface area contributed by atoms with Crippen molar-refractivity contribution in [3.05, 3.63) is 207 Å². The van der Waals surface area contributed by atoms with Crippen LogP contribution >= 0.6 is 0 Å². The molecule has 0 unspecified atom stereocenters. The van der Waals surface area contributed by atoms with Crippen LogP contribution in [0, 0.1) is 0 Å². The van der Waals surface area contributed by atoms with Crippen LogP contribution in [0.4, 0.5) is 0 Å². The number of benzene rings is 8. The van der Waals surface area contributed by atoms with Gasteiger partial charge in [-0.15, -0.1) is 0 Å². The number of fused-ring (bicyclic) bond motifs is 6. The maximum Gasteiger partial charge on any atom is 0.0273 e. The maximum atomic E-state index is 4.25. The van der Waals surface area contributed by atoms with Crippen LogP contribution < -0.4 is 0 Å². The Morgan fingerprint density at radius 3 is 0.981 bits per heavy atom. The molecular formula is C52H34N2. The molecule has 0 amide bonds. The van der Waals surface area contributed by atoms with E-state index in [0.717, 1.165) is 27.8 Å². The molecular weight excluding hydrogens is 653 g/mol. The second-order valence-electron chi connectivity index (χ2n) is 13.9. The van der Waals surface area contributed by atoms with Crippen molar-refractivity contribution in [1.29, 1.82) is 0 Å². The van der Waals surface area contributed by atoms with Gasteiger partial charge in [0.15, 0.2) is 0 Å². The van der Waals surface area contributed by atoms with E-state index in [2.05, 4.69) is 192 Å². The van der Waals surface area contributed by atoms with Crippen molar-refractivity contribution in [1.82, 2.24) is 9.97 Å². The highest BCUT2D eigenvalue weighted by Gasteiger charge is 2.13. The molecule has 8 aromatic carbocycles. The maximum absolute atomic E-state index is 4.25. The molecule has 0 spiro atoms. The van der Waals surface area contributed by atoms with Gasteiger partial charge < -0.3 is 0 Å². The molecule has 2 heteroatoms. The summed E-state index contributed by atoms with van der Waals surface area (Å²) in [5.41, 5.74) is 14.1. The quantitative estimate of drug-likeness (QED) is 0.163. The highest BCUT2D eigenvalue weighted by atomic mass is 14.6. The number of pyridine rings is 2. The Balaban J connectivity index is 1.08. The minimum absolute atomic E-state index is 1.14. The lowest BCUT2D eigenvalue weighted by atomic mass is 9.89. The van der Waals surface area contributed by atoms with Crippen LogP contribution in [-0.2, 0) is 0 Å². The number of aromatic nitrogens is 2. The highest BCUT2D eigenvalue weighted by Crippen LogP contribution is 2.40. The van der Waals surface area contributed by atoms with Gasteiger partial charge in [-0.25, -0.2) is 0 Å². The van der Waals surface area contributed by atoms with Gasteiger partial charge in [0.25, 0.3) is 0 Å². The van der Waals surface area contributed by atoms with Gasteiger partial charge in [-0.3, -0.25) is 9.97 Å². The van der Waals surface area contributed by atoms with E-state index < -0.39 is 0 Å². The Hall–Kier alpha value is -7.16. The van der Waals surface area contributed by atoms with Gasteiger partial charge in [0.2, 0.25) is 0 Å². The predicted octanol–water partition coefficient (Wildman–Crippen LogP) is 13.9. The van der Waals surface area contributed by atoms with E-state index in [9.17, 15) is 0 Å². The van der Waals surface area contributed by atoms with Gasteiger partial charge in [0.05, 0.1) is 0 Å². The summed E-state index contributed by atoms with van der Waals surface area (Å²) >= 11 is 0. The number of hydrogen-bond acceptors (Lipinski definition) is 2. The van der Waals surface area contributed by atoms with Crippen molar-refractivity contribution in [2.24, 2.45) is 0 Å². The van der Waals surface area contributed by atoms with Crippen molar-refractivity contribution in [3.63, 3.8) is 0 Å². The van der Waals surface area contributed by atoms with E-state index in [1.165, 1.54) is 71.3 Å². The molecule has 2 nitrogen and oxygen atoms in total. The first kappa shape index (κ1) is 31.6. The van der Waals surface area contributed by atoms with Crippen LogP contribution in [0.15, 0.2) is 207 Å². The van der Waals surface area contributed by atoms with Gasteiger partial charge in [-0.1, -0.05) is 115 Å². The molecule has 0 atom stereocenters. The monoisotopic (exact) mass is 686 g/mol. The minimum atomic E-state index is 1.14. The van der Waals surface area contributed by atoms with Crippen molar-refractivity contribution in [2.45, 2.75) is 0 Å². The van der Waals surface area contributed by atoms with Crippen LogP contribution in [0.25, 0.3) is 99.1 Å². The van der Waals surface area contributed by atoms with Gasteiger partial charge in [0, 0.05) is 24.8 Å². The second-order valence-corrected chi connectivity index (χ2v) is 13.9. The van der Waals surface area contributed by atoms with Gasteiger partial charge >= 0.3 is 0 Å². The minimum Gasteiger partial charge on any atom is -0.265 e. The molecule has 0 aliphatic carbocycles. The van der Waals surface area contributed by atoms with Gasteiger partial charge in [-0.2, -0.15) is 0 Å². The van der Waals surface area contributed by atoms with E-state index >= 15 is 0 Å². The normalized spacial score (nSPS) is 11.3. The van der Waals surface area contributed by atoms with Crippen molar-refractivity contribution >= 4 is 32.3 Å². The first-order valence-corrected chi connectivity index (χ1v) is 18.4. The molecule has 10 rings (SSSR count). The van der Waals surface area contributed by atoms with Crippen LogP contribution in [-0.4, -0.2) is 9.97 Å². The van der Waals surface area contributed by atoms with Crippen LogP contribution in [0.2, 0.25) is 0 Å². The fraction of sp³-hybridized carbons (Fsp3) is 0. The Labute approximate surface area is 314 Å². The Morgan fingerprint density at radius 1 is 0.185 bits per heavy atom. The molecule has 54 heavy (non-hydrogen) atoms. The third-order valence-corrected chi connectivity index (χ3v) is 10.6. The van der Waals surface area contributed by atoms with Gasteiger partial charge in [0.1, 0.15) is 0 Å². The largest absolute Gasteiger partial charge is 0.265 e. The number of nitrogens with zero attached hydrogens (tertiary/aromatic N) is 2. The van der Waals surface area contributed by atoms with Crippen LogP contribution in [0.1, 0.15) is 0 Å². The molecule has 0 radical (unpaired) electrons. The van der Waals surface area contributed by atoms with E-state index in [1.807, 2.05) is 24.8 Å². The summed E-state index contributed by atoms with van der Waals surface area (Å²) in [5, 5.41) is 7.66. The van der Waals surface area contributed by atoms with Crippen molar-refractivity contribution in [3.8, 4) is 66.8 Å². The van der Waals surface area contributed by atoms with E-state index in [4.69, 9.17) is 0 Å². The lowest BCUT2D eigenvalue weighted by Crippen LogP contribution is -1.88. The Bertz CT molecular complexity index is 2910.